The van der Waals surface area contributed by atoms with E-state index in [0.717, 1.165) is 18.5 Å². The van der Waals surface area contributed by atoms with Crippen LogP contribution in [0, 0.1) is 0 Å². The summed E-state index contributed by atoms with van der Waals surface area (Å²) in [6.07, 6.45) is 1.04. The minimum Gasteiger partial charge on any atom is -0.335 e. The van der Waals surface area contributed by atoms with Gasteiger partial charge < -0.3 is 5.32 Å². The minimum absolute atomic E-state index is 0.168. The van der Waals surface area contributed by atoms with Crippen LogP contribution in [0.3, 0.4) is 0 Å². The van der Waals surface area contributed by atoms with Crippen molar-refractivity contribution < 1.29 is 14.9 Å². The Morgan fingerprint density at radius 2 is 1.54 bits per heavy atom. The summed E-state index contributed by atoms with van der Waals surface area (Å²) < 4.78 is 0. The first-order valence-electron chi connectivity index (χ1n) is 7.75. The zero-order valence-corrected chi connectivity index (χ0v) is 14.4. The molecule has 0 radical (unpaired) electrons. The van der Waals surface area contributed by atoms with E-state index in [0.29, 0.717) is 15.7 Å². The summed E-state index contributed by atoms with van der Waals surface area (Å²) in [6, 6.07) is 14.0. The SMILES string of the molecule is O=C1C[C@H]([NH2+]CCc2ccc(Cl)cc2)C(=O)N1c1ccc(Cl)cc1. The number of quaternary nitrogens is 1. The van der Waals surface area contributed by atoms with E-state index < -0.39 is 0 Å². The van der Waals surface area contributed by atoms with E-state index in [1.807, 2.05) is 29.6 Å². The van der Waals surface area contributed by atoms with Gasteiger partial charge in [0, 0.05) is 16.5 Å². The highest BCUT2D eigenvalue weighted by Gasteiger charge is 2.41. The second-order valence-corrected chi connectivity index (χ2v) is 6.63. The largest absolute Gasteiger partial charge is 0.335 e. The number of halogens is 2. The maximum Gasteiger partial charge on any atom is 0.292 e. The van der Waals surface area contributed by atoms with Crippen molar-refractivity contribution in [3.8, 4) is 0 Å². The van der Waals surface area contributed by atoms with E-state index in [1.54, 1.807) is 24.3 Å². The lowest BCUT2D eigenvalue weighted by Crippen LogP contribution is -2.92. The van der Waals surface area contributed by atoms with Crippen LogP contribution >= 0.6 is 23.2 Å². The van der Waals surface area contributed by atoms with Gasteiger partial charge in [-0.3, -0.25) is 9.59 Å². The molecule has 2 aromatic rings. The molecule has 1 fully saturated rings. The lowest BCUT2D eigenvalue weighted by atomic mass is 10.1. The summed E-state index contributed by atoms with van der Waals surface area (Å²) in [5.74, 6) is -0.339. The van der Waals surface area contributed by atoms with E-state index in [2.05, 4.69) is 0 Å². The highest BCUT2D eigenvalue weighted by molar-refractivity contribution is 6.31. The number of carbonyl (C=O) groups excluding carboxylic acids is 2. The van der Waals surface area contributed by atoms with Crippen molar-refractivity contribution >= 4 is 40.7 Å². The number of hydrogen-bond donors (Lipinski definition) is 1. The Labute approximate surface area is 150 Å². The van der Waals surface area contributed by atoms with Gasteiger partial charge >= 0.3 is 0 Å². The smallest absolute Gasteiger partial charge is 0.292 e. The Morgan fingerprint density at radius 1 is 0.958 bits per heavy atom. The number of nitrogens with two attached hydrogens (primary N) is 1. The third kappa shape index (κ3) is 3.78. The maximum atomic E-state index is 12.5. The average Bonchev–Trinajstić information content (AvgIpc) is 2.85. The molecular weight excluding hydrogens is 347 g/mol. The molecule has 1 heterocycles. The summed E-state index contributed by atoms with van der Waals surface area (Å²) in [4.78, 5) is 26.0. The van der Waals surface area contributed by atoms with Crippen molar-refractivity contribution in [1.82, 2.24) is 0 Å². The van der Waals surface area contributed by atoms with E-state index in [9.17, 15) is 9.59 Å². The van der Waals surface area contributed by atoms with Crippen LogP contribution in [-0.4, -0.2) is 24.4 Å². The molecule has 2 N–H and O–H groups in total. The first kappa shape index (κ1) is 17.0. The van der Waals surface area contributed by atoms with Crippen molar-refractivity contribution in [3.63, 3.8) is 0 Å². The van der Waals surface area contributed by atoms with Crippen molar-refractivity contribution in [2.75, 3.05) is 11.4 Å². The van der Waals surface area contributed by atoms with E-state index in [-0.39, 0.29) is 24.3 Å². The van der Waals surface area contributed by atoms with Gasteiger partial charge in [-0.15, -0.1) is 0 Å². The van der Waals surface area contributed by atoms with Gasteiger partial charge in [0.2, 0.25) is 5.91 Å². The van der Waals surface area contributed by atoms with Gasteiger partial charge in [0.05, 0.1) is 18.7 Å². The molecule has 24 heavy (non-hydrogen) atoms. The molecular formula is C18H17Cl2N2O2+. The molecule has 124 valence electrons. The molecule has 1 saturated heterocycles. The zero-order valence-electron chi connectivity index (χ0n) is 12.9. The van der Waals surface area contributed by atoms with Gasteiger partial charge in [-0.2, -0.15) is 0 Å². The van der Waals surface area contributed by atoms with Crippen LogP contribution in [0.4, 0.5) is 5.69 Å². The van der Waals surface area contributed by atoms with Crippen LogP contribution in [0.25, 0.3) is 0 Å². The number of rotatable bonds is 5. The third-order valence-electron chi connectivity index (χ3n) is 4.06. The van der Waals surface area contributed by atoms with Crippen LogP contribution in [0.15, 0.2) is 48.5 Å². The molecule has 2 aromatic carbocycles. The van der Waals surface area contributed by atoms with Gasteiger partial charge in [-0.05, 0) is 42.0 Å². The quantitative estimate of drug-likeness (QED) is 0.829. The van der Waals surface area contributed by atoms with E-state index in [1.165, 1.54) is 4.90 Å². The van der Waals surface area contributed by atoms with Gasteiger partial charge in [0.1, 0.15) is 0 Å². The number of imide groups is 1. The van der Waals surface area contributed by atoms with E-state index >= 15 is 0 Å². The third-order valence-corrected chi connectivity index (χ3v) is 4.57. The number of anilines is 1. The average molecular weight is 364 g/mol. The van der Waals surface area contributed by atoms with Crippen LogP contribution < -0.4 is 10.2 Å². The van der Waals surface area contributed by atoms with Crippen molar-refractivity contribution in [2.24, 2.45) is 0 Å². The predicted octanol–water partition coefficient (Wildman–Crippen LogP) is 2.43. The molecule has 0 aliphatic carbocycles. The molecule has 0 aromatic heterocycles. The summed E-state index contributed by atoms with van der Waals surface area (Å²) >= 11 is 11.7. The Balaban J connectivity index is 1.59. The standard InChI is InChI=1S/C18H16Cl2N2O2/c19-13-3-1-12(2-4-13)9-10-21-16-11-17(23)22(18(16)24)15-7-5-14(20)6-8-15/h1-8,16,21H,9-11H2/p+1/t16-/m0/s1. The molecule has 1 aliphatic rings. The molecule has 0 spiro atoms. The molecule has 1 atom stereocenters. The van der Waals surface area contributed by atoms with Crippen molar-refractivity contribution in [2.45, 2.75) is 18.9 Å². The maximum absolute atomic E-state index is 12.5. The summed E-state index contributed by atoms with van der Waals surface area (Å²) in [6.45, 7) is 0.736. The lowest BCUT2D eigenvalue weighted by molar-refractivity contribution is -0.674. The number of hydrogen-bond acceptors (Lipinski definition) is 2. The van der Waals surface area contributed by atoms with Crippen LogP contribution in [-0.2, 0) is 16.0 Å². The van der Waals surface area contributed by atoms with Gasteiger partial charge in [0.25, 0.3) is 5.91 Å². The van der Waals surface area contributed by atoms with Gasteiger partial charge in [0.15, 0.2) is 6.04 Å². The molecule has 0 unspecified atom stereocenters. The second kappa shape index (κ2) is 7.34. The molecule has 6 heteroatoms. The molecule has 0 saturated carbocycles. The first-order chi connectivity index (χ1) is 11.5. The second-order valence-electron chi connectivity index (χ2n) is 5.76. The monoisotopic (exact) mass is 363 g/mol. The topological polar surface area (TPSA) is 54.0 Å². The Kier molecular flexibility index (Phi) is 5.19. The zero-order chi connectivity index (χ0) is 17.1. The Hall–Kier alpha value is -1.88. The number of nitrogens with zero attached hydrogens (tertiary/aromatic N) is 1. The Bertz CT molecular complexity index is 745. The predicted molar refractivity (Wildman–Crippen MR) is 94.3 cm³/mol. The van der Waals surface area contributed by atoms with E-state index in [4.69, 9.17) is 23.2 Å². The highest BCUT2D eigenvalue weighted by atomic mass is 35.5. The summed E-state index contributed by atoms with van der Waals surface area (Å²) in [5.41, 5.74) is 1.73. The van der Waals surface area contributed by atoms with Gasteiger partial charge in [-0.25, -0.2) is 4.90 Å². The van der Waals surface area contributed by atoms with Crippen molar-refractivity contribution in [3.05, 3.63) is 64.1 Å². The normalized spacial score (nSPS) is 17.6. The fourth-order valence-corrected chi connectivity index (χ4v) is 3.06. The van der Waals surface area contributed by atoms with Crippen LogP contribution in [0.2, 0.25) is 10.0 Å². The first-order valence-corrected chi connectivity index (χ1v) is 8.50. The molecule has 0 bridgehead atoms. The summed E-state index contributed by atoms with van der Waals surface area (Å²) in [7, 11) is 0. The van der Waals surface area contributed by atoms with Crippen molar-refractivity contribution in [1.29, 1.82) is 0 Å². The molecule has 4 nitrogen and oxygen atoms in total. The fourth-order valence-electron chi connectivity index (χ4n) is 2.80. The number of benzene rings is 2. The number of carbonyl (C=O) groups is 2. The molecule has 1 aliphatic heterocycles. The van der Waals surface area contributed by atoms with Gasteiger partial charge in [-0.1, -0.05) is 35.3 Å². The van der Waals surface area contributed by atoms with Crippen LogP contribution in [0.1, 0.15) is 12.0 Å². The van der Waals surface area contributed by atoms with Crippen LogP contribution in [0.5, 0.6) is 0 Å². The fraction of sp³-hybridized carbons (Fsp3) is 0.222. The molecule has 3 rings (SSSR count). The lowest BCUT2D eigenvalue weighted by Gasteiger charge is -2.14. The Morgan fingerprint density at radius 3 is 2.17 bits per heavy atom. The minimum atomic E-state index is -0.361. The highest BCUT2D eigenvalue weighted by Crippen LogP contribution is 2.23. The number of amides is 2. The summed E-state index contributed by atoms with van der Waals surface area (Å²) in [5, 5.41) is 3.21. The molecule has 2 amide bonds.